The van der Waals surface area contributed by atoms with Crippen LogP contribution in [-0.4, -0.2) is 35.4 Å². The molecule has 0 saturated heterocycles. The van der Waals surface area contributed by atoms with Crippen LogP contribution in [0, 0.1) is 0 Å². The highest BCUT2D eigenvalue weighted by molar-refractivity contribution is 5.99. The maximum atomic E-state index is 11.6. The Hall–Kier alpha value is -3.94. The normalized spacial score (nSPS) is 10.4. The third-order valence-corrected chi connectivity index (χ3v) is 4.24. The van der Waals surface area contributed by atoms with Crippen LogP contribution in [0.4, 0.5) is 17.5 Å². The maximum Gasteiger partial charge on any atom is 0.247 e. The van der Waals surface area contributed by atoms with Crippen molar-refractivity contribution in [2.24, 2.45) is 5.73 Å². The minimum Gasteiger partial charge on any atom is -0.372 e. The number of benzene rings is 2. The first-order valence-electron chi connectivity index (χ1n) is 9.05. The molecule has 2 amide bonds. The predicted molar refractivity (Wildman–Crippen MR) is 116 cm³/mol. The highest BCUT2D eigenvalue weighted by Gasteiger charge is 2.09. The smallest absolute Gasteiger partial charge is 0.247 e. The van der Waals surface area contributed by atoms with Crippen LogP contribution in [0.2, 0.25) is 0 Å². The van der Waals surface area contributed by atoms with Crippen molar-refractivity contribution in [1.82, 2.24) is 9.97 Å². The molecule has 0 saturated carbocycles. The summed E-state index contributed by atoms with van der Waals surface area (Å²) in [6.07, 6.45) is 1.42. The number of primary amides is 1. The van der Waals surface area contributed by atoms with Crippen LogP contribution < -0.4 is 21.7 Å². The average Bonchev–Trinajstić information content (AvgIpc) is 2.72. The van der Waals surface area contributed by atoms with E-state index in [1.165, 1.54) is 6.08 Å². The fraction of sp³-hybridized carbons (Fsp3) is 0.143. The van der Waals surface area contributed by atoms with Gasteiger partial charge in [0, 0.05) is 31.1 Å². The Labute approximate surface area is 168 Å². The molecule has 0 radical (unpaired) electrons. The van der Waals surface area contributed by atoms with E-state index < -0.39 is 5.91 Å². The molecule has 1 aromatic heterocycles. The molecule has 29 heavy (non-hydrogen) atoms. The van der Waals surface area contributed by atoms with Crippen molar-refractivity contribution < 1.29 is 9.59 Å². The van der Waals surface area contributed by atoms with Crippen LogP contribution in [0.5, 0.6) is 0 Å². The molecular weight excluding hydrogens is 368 g/mol. The number of carbonyl (C=O) groups excluding carboxylic acids is 2. The van der Waals surface area contributed by atoms with Gasteiger partial charge in [0.1, 0.15) is 5.82 Å². The third kappa shape index (κ3) is 4.86. The average molecular weight is 390 g/mol. The molecule has 148 valence electrons. The van der Waals surface area contributed by atoms with E-state index >= 15 is 0 Å². The lowest BCUT2D eigenvalue weighted by Gasteiger charge is -2.11. The van der Waals surface area contributed by atoms with Gasteiger partial charge < -0.3 is 21.7 Å². The number of aromatic nitrogens is 2. The molecule has 5 N–H and O–H groups in total. The first-order chi connectivity index (χ1) is 14.0. The summed E-state index contributed by atoms with van der Waals surface area (Å²) in [4.78, 5) is 31.5. The second kappa shape index (κ2) is 8.83. The molecule has 3 rings (SSSR count). The van der Waals surface area contributed by atoms with Crippen molar-refractivity contribution >= 4 is 40.2 Å². The SMILES string of the molecule is C=CC(=O)Nc1cccc(-c2ccc3c(NC)nc(NCCC(N)=O)nc3c2)c1. The molecule has 0 fully saturated rings. The second-order valence-corrected chi connectivity index (χ2v) is 6.30. The highest BCUT2D eigenvalue weighted by atomic mass is 16.1. The number of carbonyl (C=O) groups is 2. The predicted octanol–water partition coefficient (Wildman–Crippen LogP) is 2.75. The van der Waals surface area contributed by atoms with Crippen LogP contribution in [0.25, 0.3) is 22.0 Å². The van der Waals surface area contributed by atoms with Crippen molar-refractivity contribution in [2.45, 2.75) is 6.42 Å². The summed E-state index contributed by atoms with van der Waals surface area (Å²) in [5.41, 5.74) is 8.47. The van der Waals surface area contributed by atoms with E-state index in [9.17, 15) is 9.59 Å². The summed E-state index contributed by atoms with van der Waals surface area (Å²) in [7, 11) is 1.79. The summed E-state index contributed by atoms with van der Waals surface area (Å²) >= 11 is 0. The molecule has 3 aromatic rings. The van der Waals surface area contributed by atoms with Crippen molar-refractivity contribution in [3.05, 3.63) is 55.1 Å². The van der Waals surface area contributed by atoms with Gasteiger partial charge in [-0.2, -0.15) is 4.98 Å². The fourth-order valence-corrected chi connectivity index (χ4v) is 2.85. The molecule has 0 spiro atoms. The van der Waals surface area contributed by atoms with Gasteiger partial charge in [0.05, 0.1) is 5.52 Å². The van der Waals surface area contributed by atoms with Gasteiger partial charge in [0.2, 0.25) is 17.8 Å². The van der Waals surface area contributed by atoms with Gasteiger partial charge in [0.15, 0.2) is 0 Å². The monoisotopic (exact) mass is 390 g/mol. The van der Waals surface area contributed by atoms with Gasteiger partial charge in [-0.25, -0.2) is 4.98 Å². The first-order valence-corrected chi connectivity index (χ1v) is 9.05. The van der Waals surface area contributed by atoms with Crippen LogP contribution in [0.3, 0.4) is 0 Å². The van der Waals surface area contributed by atoms with Gasteiger partial charge in [0.25, 0.3) is 0 Å². The molecule has 0 aliphatic carbocycles. The Bertz CT molecular complexity index is 1080. The topological polar surface area (TPSA) is 122 Å². The Morgan fingerprint density at radius 2 is 1.93 bits per heavy atom. The summed E-state index contributed by atoms with van der Waals surface area (Å²) < 4.78 is 0. The van der Waals surface area contributed by atoms with Gasteiger partial charge in [-0.05, 0) is 41.5 Å². The standard InChI is InChI=1S/C21H22N6O2/c1-3-19(29)25-15-6-4-5-13(11-15)14-7-8-16-17(12-14)26-21(27-20(16)23-2)24-10-9-18(22)28/h3-8,11-12H,1,9-10H2,2H3,(H2,22,28)(H,25,29)(H2,23,24,26,27). The lowest BCUT2D eigenvalue weighted by Crippen LogP contribution is -2.17. The molecule has 0 unspecified atom stereocenters. The Morgan fingerprint density at radius 1 is 1.14 bits per heavy atom. The van der Waals surface area contributed by atoms with Crippen LogP contribution in [-0.2, 0) is 9.59 Å². The van der Waals surface area contributed by atoms with Gasteiger partial charge in [-0.3, -0.25) is 9.59 Å². The van der Waals surface area contributed by atoms with Gasteiger partial charge in [-0.15, -0.1) is 0 Å². The molecule has 0 bridgehead atoms. The number of nitrogens with two attached hydrogens (primary N) is 1. The zero-order valence-corrected chi connectivity index (χ0v) is 16.0. The minimum atomic E-state index is -0.391. The van der Waals surface area contributed by atoms with Gasteiger partial charge >= 0.3 is 0 Å². The largest absolute Gasteiger partial charge is 0.372 e. The first kappa shape index (κ1) is 19.8. The van der Waals surface area contributed by atoms with Crippen molar-refractivity contribution in [3.8, 4) is 11.1 Å². The van der Waals surface area contributed by atoms with E-state index in [1.54, 1.807) is 7.05 Å². The quantitative estimate of drug-likeness (QED) is 0.439. The zero-order chi connectivity index (χ0) is 20.8. The molecule has 0 aliphatic rings. The number of anilines is 3. The van der Waals surface area contributed by atoms with E-state index in [-0.39, 0.29) is 12.3 Å². The van der Waals surface area contributed by atoms with Crippen LogP contribution >= 0.6 is 0 Å². The second-order valence-electron chi connectivity index (χ2n) is 6.30. The van der Waals surface area contributed by atoms with Gasteiger partial charge in [-0.1, -0.05) is 24.8 Å². The molecule has 0 aliphatic heterocycles. The summed E-state index contributed by atoms with van der Waals surface area (Å²) in [6, 6.07) is 13.4. The summed E-state index contributed by atoms with van der Waals surface area (Å²) in [6.45, 7) is 3.82. The number of amides is 2. The van der Waals surface area contributed by atoms with Crippen molar-refractivity contribution in [3.63, 3.8) is 0 Å². The molecule has 2 aromatic carbocycles. The highest BCUT2D eigenvalue weighted by Crippen LogP contribution is 2.29. The Balaban J connectivity index is 1.96. The number of nitrogens with one attached hydrogen (secondary N) is 3. The minimum absolute atomic E-state index is 0.194. The number of nitrogens with zero attached hydrogens (tertiary/aromatic N) is 2. The molecular formula is C21H22N6O2. The van der Waals surface area contributed by atoms with E-state index in [2.05, 4.69) is 32.5 Å². The summed E-state index contributed by atoms with van der Waals surface area (Å²) in [5, 5.41) is 9.71. The molecule has 8 heteroatoms. The van der Waals surface area contributed by atoms with Crippen molar-refractivity contribution in [1.29, 1.82) is 0 Å². The molecule has 8 nitrogen and oxygen atoms in total. The zero-order valence-electron chi connectivity index (χ0n) is 16.0. The van der Waals surface area contributed by atoms with Crippen molar-refractivity contribution in [2.75, 3.05) is 29.5 Å². The molecule has 1 heterocycles. The lowest BCUT2D eigenvalue weighted by atomic mass is 10.0. The van der Waals surface area contributed by atoms with Crippen LogP contribution in [0.15, 0.2) is 55.1 Å². The van der Waals surface area contributed by atoms with E-state index in [0.29, 0.717) is 24.0 Å². The van der Waals surface area contributed by atoms with E-state index in [4.69, 9.17) is 5.73 Å². The number of hydrogen-bond acceptors (Lipinski definition) is 6. The number of hydrogen-bond donors (Lipinski definition) is 4. The fourth-order valence-electron chi connectivity index (χ4n) is 2.85. The Morgan fingerprint density at radius 3 is 2.66 bits per heavy atom. The number of rotatable bonds is 8. The third-order valence-electron chi connectivity index (χ3n) is 4.24. The van der Waals surface area contributed by atoms with E-state index in [1.807, 2.05) is 42.5 Å². The maximum absolute atomic E-state index is 11.6. The lowest BCUT2D eigenvalue weighted by molar-refractivity contribution is -0.117. The van der Waals surface area contributed by atoms with Crippen LogP contribution in [0.1, 0.15) is 6.42 Å². The van der Waals surface area contributed by atoms with E-state index in [0.717, 1.165) is 22.0 Å². The Kier molecular flexibility index (Phi) is 6.03. The summed E-state index contributed by atoms with van der Waals surface area (Å²) in [5.74, 6) is 0.430. The number of fused-ring (bicyclic) bond motifs is 1. The molecule has 0 atom stereocenters.